The molecule has 1 saturated heterocycles. The molecule has 1 saturated carbocycles. The van der Waals surface area contributed by atoms with E-state index in [0.29, 0.717) is 5.91 Å². The number of hydrogen-bond donors (Lipinski definition) is 1. The van der Waals surface area contributed by atoms with Crippen LogP contribution in [0.4, 0.5) is 0 Å². The van der Waals surface area contributed by atoms with Gasteiger partial charge in [0.05, 0.1) is 5.41 Å². The highest BCUT2D eigenvalue weighted by Gasteiger charge is 2.51. The number of hydrogen-bond acceptors (Lipinski definition) is 2. The predicted molar refractivity (Wildman–Crippen MR) is 42.2 cm³/mol. The molecule has 3 nitrogen and oxygen atoms in total. The fourth-order valence-corrected chi connectivity index (χ4v) is 1.70. The van der Waals surface area contributed by atoms with Crippen molar-refractivity contribution >= 4 is 5.91 Å². The lowest BCUT2D eigenvalue weighted by Gasteiger charge is -2.17. The van der Waals surface area contributed by atoms with Crippen LogP contribution in [0.25, 0.3) is 0 Å². The lowest BCUT2D eigenvalue weighted by atomic mass is 10.1. The zero-order chi connectivity index (χ0) is 7.90. The summed E-state index contributed by atoms with van der Waals surface area (Å²) in [7, 11) is 1.90. The first kappa shape index (κ1) is 7.10. The molecule has 0 aromatic carbocycles. The molecule has 3 heteroatoms. The second-order valence-corrected chi connectivity index (χ2v) is 3.68. The normalized spacial score (nSPS) is 28.8. The van der Waals surface area contributed by atoms with Crippen molar-refractivity contribution in [3.8, 4) is 0 Å². The molecule has 11 heavy (non-hydrogen) atoms. The van der Waals surface area contributed by atoms with Gasteiger partial charge in [-0.1, -0.05) is 0 Å². The van der Waals surface area contributed by atoms with E-state index in [4.69, 9.17) is 0 Å². The Balaban J connectivity index is 2.14. The van der Waals surface area contributed by atoms with E-state index in [2.05, 4.69) is 5.32 Å². The number of carbonyl (C=O) groups excluding carboxylic acids is 1. The second-order valence-electron chi connectivity index (χ2n) is 3.68. The average Bonchev–Trinajstić information content (AvgIpc) is 2.77. The Kier molecular flexibility index (Phi) is 1.42. The third kappa shape index (κ3) is 1.03. The highest BCUT2D eigenvalue weighted by Crippen LogP contribution is 2.46. The number of rotatable bonds is 0. The van der Waals surface area contributed by atoms with Gasteiger partial charge < -0.3 is 10.2 Å². The van der Waals surface area contributed by atoms with Gasteiger partial charge in [-0.15, -0.1) is 0 Å². The third-order valence-corrected chi connectivity index (χ3v) is 2.74. The maximum absolute atomic E-state index is 11.6. The molecule has 1 heterocycles. The largest absolute Gasteiger partial charge is 0.344 e. The highest BCUT2D eigenvalue weighted by atomic mass is 16.2. The highest BCUT2D eigenvalue weighted by molar-refractivity contribution is 5.85. The van der Waals surface area contributed by atoms with Crippen molar-refractivity contribution in [2.45, 2.75) is 12.8 Å². The molecular formula is C8H14N2O. The summed E-state index contributed by atoms with van der Waals surface area (Å²) in [5, 5.41) is 3.30. The molecule has 62 valence electrons. The quantitative estimate of drug-likeness (QED) is 0.525. The van der Waals surface area contributed by atoms with Crippen LogP contribution >= 0.6 is 0 Å². The van der Waals surface area contributed by atoms with Gasteiger partial charge in [-0.05, 0) is 12.8 Å². The Morgan fingerprint density at radius 3 is 2.91 bits per heavy atom. The molecule has 0 atom stereocenters. The van der Waals surface area contributed by atoms with Crippen LogP contribution in [0.5, 0.6) is 0 Å². The molecule has 1 amide bonds. The van der Waals surface area contributed by atoms with Crippen LogP contribution < -0.4 is 5.32 Å². The Bertz CT molecular complexity index is 187. The van der Waals surface area contributed by atoms with Crippen LogP contribution in [-0.4, -0.2) is 37.5 Å². The van der Waals surface area contributed by atoms with Crippen LogP contribution in [0, 0.1) is 5.41 Å². The molecule has 1 N–H and O–H groups in total. The van der Waals surface area contributed by atoms with E-state index in [1.54, 1.807) is 0 Å². The second kappa shape index (κ2) is 2.21. The molecule has 0 bridgehead atoms. The fourth-order valence-electron chi connectivity index (χ4n) is 1.70. The van der Waals surface area contributed by atoms with Gasteiger partial charge in [-0.2, -0.15) is 0 Å². The molecule has 0 radical (unpaired) electrons. The van der Waals surface area contributed by atoms with Crippen molar-refractivity contribution < 1.29 is 4.79 Å². The van der Waals surface area contributed by atoms with E-state index in [1.807, 2.05) is 11.9 Å². The summed E-state index contributed by atoms with van der Waals surface area (Å²) < 4.78 is 0. The van der Waals surface area contributed by atoms with Crippen molar-refractivity contribution in [3.05, 3.63) is 0 Å². The van der Waals surface area contributed by atoms with Gasteiger partial charge in [-0.25, -0.2) is 0 Å². The average molecular weight is 154 g/mol. The minimum absolute atomic E-state index is 0.0191. The first-order valence-corrected chi connectivity index (χ1v) is 4.21. The fraction of sp³-hybridized carbons (Fsp3) is 0.875. The molecule has 0 aromatic heterocycles. The minimum Gasteiger partial charge on any atom is -0.344 e. The Hall–Kier alpha value is -0.570. The SMILES string of the molecule is CN1CCNCC2(CC2)C1=O. The maximum atomic E-state index is 11.6. The van der Waals surface area contributed by atoms with Gasteiger partial charge in [0.15, 0.2) is 0 Å². The van der Waals surface area contributed by atoms with Crippen LogP contribution in [0.15, 0.2) is 0 Å². The van der Waals surface area contributed by atoms with Crippen molar-refractivity contribution in [2.24, 2.45) is 5.41 Å². The molecule has 2 fully saturated rings. The molecule has 1 aliphatic carbocycles. The van der Waals surface area contributed by atoms with Crippen molar-refractivity contribution in [2.75, 3.05) is 26.7 Å². The topological polar surface area (TPSA) is 32.3 Å². The summed E-state index contributed by atoms with van der Waals surface area (Å²) in [6.07, 6.45) is 2.17. The standard InChI is InChI=1S/C8H14N2O/c1-10-5-4-9-6-8(2-3-8)7(10)11/h9H,2-6H2,1H3. The number of carbonyl (C=O) groups is 1. The van der Waals surface area contributed by atoms with E-state index >= 15 is 0 Å². The van der Waals surface area contributed by atoms with Crippen LogP contribution in [0.3, 0.4) is 0 Å². The smallest absolute Gasteiger partial charge is 0.229 e. The number of likely N-dealkylation sites (N-methyl/N-ethyl adjacent to an activating group) is 1. The zero-order valence-corrected chi connectivity index (χ0v) is 6.89. The van der Waals surface area contributed by atoms with Crippen LogP contribution in [0.2, 0.25) is 0 Å². The Morgan fingerprint density at radius 2 is 2.27 bits per heavy atom. The van der Waals surface area contributed by atoms with Crippen LogP contribution in [-0.2, 0) is 4.79 Å². The molecule has 0 aromatic rings. The van der Waals surface area contributed by atoms with Gasteiger partial charge >= 0.3 is 0 Å². The number of nitrogens with one attached hydrogen (secondary N) is 1. The summed E-state index contributed by atoms with van der Waals surface area (Å²) in [4.78, 5) is 13.5. The third-order valence-electron chi connectivity index (χ3n) is 2.74. The monoisotopic (exact) mass is 154 g/mol. The first-order chi connectivity index (χ1) is 5.25. The van der Waals surface area contributed by atoms with E-state index in [9.17, 15) is 4.79 Å². The summed E-state index contributed by atoms with van der Waals surface area (Å²) in [6.45, 7) is 2.71. The minimum atomic E-state index is 0.0191. The summed E-state index contributed by atoms with van der Waals surface area (Å²) in [5.41, 5.74) is 0.0191. The zero-order valence-electron chi connectivity index (χ0n) is 6.89. The molecule has 1 spiro atoms. The number of amides is 1. The van der Waals surface area contributed by atoms with Crippen LogP contribution in [0.1, 0.15) is 12.8 Å². The van der Waals surface area contributed by atoms with Gasteiger partial charge in [0.25, 0.3) is 0 Å². The molecule has 1 aliphatic heterocycles. The summed E-state index contributed by atoms with van der Waals surface area (Å²) in [6, 6.07) is 0. The first-order valence-electron chi connectivity index (χ1n) is 4.21. The summed E-state index contributed by atoms with van der Waals surface area (Å²) in [5.74, 6) is 0.350. The lowest BCUT2D eigenvalue weighted by Crippen LogP contribution is -2.34. The van der Waals surface area contributed by atoms with E-state index in [1.165, 1.54) is 0 Å². The number of nitrogens with zero attached hydrogens (tertiary/aromatic N) is 1. The molecule has 0 unspecified atom stereocenters. The Labute approximate surface area is 66.8 Å². The van der Waals surface area contributed by atoms with Crippen molar-refractivity contribution in [3.63, 3.8) is 0 Å². The van der Waals surface area contributed by atoms with Gasteiger partial charge in [0, 0.05) is 26.7 Å². The molecule has 2 rings (SSSR count). The predicted octanol–water partition coefficient (Wildman–Crippen LogP) is -0.172. The molecular weight excluding hydrogens is 140 g/mol. The Morgan fingerprint density at radius 1 is 1.55 bits per heavy atom. The van der Waals surface area contributed by atoms with Crippen molar-refractivity contribution in [1.82, 2.24) is 10.2 Å². The maximum Gasteiger partial charge on any atom is 0.229 e. The molecule has 2 aliphatic rings. The van der Waals surface area contributed by atoms with Crippen molar-refractivity contribution in [1.29, 1.82) is 0 Å². The van der Waals surface area contributed by atoms with E-state index in [-0.39, 0.29) is 5.41 Å². The van der Waals surface area contributed by atoms with E-state index in [0.717, 1.165) is 32.5 Å². The van der Waals surface area contributed by atoms with Gasteiger partial charge in [0.2, 0.25) is 5.91 Å². The van der Waals surface area contributed by atoms with E-state index < -0.39 is 0 Å². The van der Waals surface area contributed by atoms with Gasteiger partial charge in [0.1, 0.15) is 0 Å². The summed E-state index contributed by atoms with van der Waals surface area (Å²) >= 11 is 0. The van der Waals surface area contributed by atoms with Gasteiger partial charge in [-0.3, -0.25) is 4.79 Å². The lowest BCUT2D eigenvalue weighted by molar-refractivity contribution is -0.134.